The van der Waals surface area contributed by atoms with Crippen LogP contribution < -0.4 is 15.4 Å². The quantitative estimate of drug-likeness (QED) is 0.158. The summed E-state index contributed by atoms with van der Waals surface area (Å²) < 4.78 is 6.00. The van der Waals surface area contributed by atoms with E-state index >= 15 is 0 Å². The minimum atomic E-state index is -0.939. The highest BCUT2D eigenvalue weighted by molar-refractivity contribution is 5.87. The van der Waals surface area contributed by atoms with E-state index in [1.807, 2.05) is 19.1 Å². The lowest BCUT2D eigenvalue weighted by Crippen LogP contribution is -2.37. The Morgan fingerprint density at radius 1 is 1.17 bits per heavy atom. The van der Waals surface area contributed by atoms with E-state index in [4.69, 9.17) is 9.72 Å². The number of pyridine rings is 2. The van der Waals surface area contributed by atoms with Crippen molar-refractivity contribution in [1.29, 1.82) is 0 Å². The van der Waals surface area contributed by atoms with E-state index in [1.54, 1.807) is 12.4 Å². The van der Waals surface area contributed by atoms with Crippen molar-refractivity contribution in [3.8, 4) is 5.75 Å². The Bertz CT molecular complexity index is 1440. The first-order chi connectivity index (χ1) is 20.1. The Labute approximate surface area is 239 Å². The van der Waals surface area contributed by atoms with Gasteiger partial charge in [-0.2, -0.15) is 5.10 Å². The molecule has 1 atom stereocenters. The molecule has 5 heterocycles. The van der Waals surface area contributed by atoms with Gasteiger partial charge in [0, 0.05) is 31.5 Å². The molecule has 216 valence electrons. The van der Waals surface area contributed by atoms with E-state index in [1.165, 1.54) is 11.9 Å². The zero-order chi connectivity index (χ0) is 28.4. The first-order valence-corrected chi connectivity index (χ1v) is 14.2. The van der Waals surface area contributed by atoms with E-state index < -0.39 is 12.0 Å². The van der Waals surface area contributed by atoms with Crippen LogP contribution in [-0.4, -0.2) is 84.9 Å². The predicted molar refractivity (Wildman–Crippen MR) is 156 cm³/mol. The molecular formula is C29H37N9O3. The molecule has 0 aliphatic carbocycles. The van der Waals surface area contributed by atoms with Crippen molar-refractivity contribution >= 4 is 28.6 Å². The minimum Gasteiger partial charge on any atom is -0.490 e. The van der Waals surface area contributed by atoms with Crippen LogP contribution in [0.5, 0.6) is 5.75 Å². The van der Waals surface area contributed by atoms with Gasteiger partial charge in [0.05, 0.1) is 11.9 Å². The Morgan fingerprint density at radius 3 is 2.98 bits per heavy atom. The molecule has 5 rings (SSSR count). The van der Waals surface area contributed by atoms with Crippen molar-refractivity contribution < 1.29 is 14.6 Å². The summed E-state index contributed by atoms with van der Waals surface area (Å²) in [7, 11) is 0. The van der Waals surface area contributed by atoms with Crippen LogP contribution in [-0.2, 0) is 17.6 Å². The van der Waals surface area contributed by atoms with Crippen LogP contribution in [0.2, 0.25) is 0 Å². The molecule has 0 saturated heterocycles. The molecule has 4 N–H and O–H groups in total. The number of carboxylic acid groups (broad SMARTS) is 1. The number of fused-ring (bicyclic) bond motifs is 2. The Hall–Kier alpha value is -4.32. The van der Waals surface area contributed by atoms with Gasteiger partial charge >= 0.3 is 5.97 Å². The van der Waals surface area contributed by atoms with Crippen LogP contribution in [0, 0.1) is 6.92 Å². The number of hydrogen-bond acceptors (Lipinski definition) is 10. The monoisotopic (exact) mass is 559 g/mol. The van der Waals surface area contributed by atoms with E-state index in [9.17, 15) is 9.90 Å². The molecule has 0 fully saturated rings. The highest BCUT2D eigenvalue weighted by atomic mass is 16.5. The van der Waals surface area contributed by atoms with E-state index in [0.717, 1.165) is 68.1 Å². The van der Waals surface area contributed by atoms with Gasteiger partial charge in [0.25, 0.3) is 0 Å². The molecule has 41 heavy (non-hydrogen) atoms. The van der Waals surface area contributed by atoms with Gasteiger partial charge < -0.3 is 20.5 Å². The van der Waals surface area contributed by atoms with E-state index in [-0.39, 0.29) is 0 Å². The number of aromatic nitrogens is 6. The maximum Gasteiger partial charge on any atom is 0.326 e. The molecule has 0 aromatic carbocycles. The van der Waals surface area contributed by atoms with Crippen LogP contribution in [0.3, 0.4) is 0 Å². The second-order valence-electron chi connectivity index (χ2n) is 10.3. The first kappa shape index (κ1) is 28.2. The molecular weight excluding hydrogens is 522 g/mol. The molecule has 0 unspecified atom stereocenters. The van der Waals surface area contributed by atoms with Crippen molar-refractivity contribution in [3.63, 3.8) is 0 Å². The van der Waals surface area contributed by atoms with Crippen LogP contribution in [0.1, 0.15) is 42.6 Å². The van der Waals surface area contributed by atoms with Crippen molar-refractivity contribution in [2.45, 2.75) is 51.5 Å². The Kier molecular flexibility index (Phi) is 9.53. The molecule has 1 aliphatic heterocycles. The van der Waals surface area contributed by atoms with Gasteiger partial charge in [-0.05, 0) is 75.8 Å². The number of aromatic amines is 1. The third-order valence-corrected chi connectivity index (χ3v) is 7.32. The second-order valence-corrected chi connectivity index (χ2v) is 10.3. The van der Waals surface area contributed by atoms with Crippen LogP contribution >= 0.6 is 0 Å². The Morgan fingerprint density at radius 2 is 2.10 bits per heavy atom. The number of H-pyrrole nitrogens is 1. The SMILES string of the molecule is Cc1ncccc1OCCN(CCCCc1ccc2c(n1)NCCC2)CC[C@H](Nc1ncnc2cn[nH]c12)C(=O)O. The third-order valence-electron chi connectivity index (χ3n) is 7.32. The van der Waals surface area contributed by atoms with Crippen molar-refractivity contribution in [2.24, 2.45) is 0 Å². The van der Waals surface area contributed by atoms with E-state index in [2.05, 4.69) is 52.8 Å². The summed E-state index contributed by atoms with van der Waals surface area (Å²) in [5, 5.41) is 23.3. The molecule has 0 bridgehead atoms. The third kappa shape index (κ3) is 7.66. The average Bonchev–Trinajstić information content (AvgIpc) is 3.47. The topological polar surface area (TPSA) is 154 Å². The summed E-state index contributed by atoms with van der Waals surface area (Å²) in [6, 6.07) is 7.28. The highest BCUT2D eigenvalue weighted by Crippen LogP contribution is 2.21. The molecule has 12 nitrogen and oxygen atoms in total. The first-order valence-electron chi connectivity index (χ1n) is 14.2. The van der Waals surface area contributed by atoms with Crippen molar-refractivity contribution in [2.75, 3.05) is 43.4 Å². The molecule has 0 spiro atoms. The standard InChI is InChI=1S/C29H37N9O3/c1-20-25(8-5-12-30-20)41-17-16-38(14-3-2-7-22-10-9-21-6-4-13-31-27(21)35-22)15-11-23(29(39)40)36-28-26-24(18-34-37-26)32-19-33-28/h5,8-10,12,18-19,23H,2-4,6-7,11,13-17H2,1H3,(H,31,35)(H,34,37)(H,39,40)(H,32,33,36)/t23-/m0/s1. The second kappa shape index (κ2) is 13.8. The molecule has 1 aliphatic rings. The number of nitrogens with zero attached hydrogens (tertiary/aromatic N) is 6. The summed E-state index contributed by atoms with van der Waals surface area (Å²) in [5.74, 6) is 1.28. The van der Waals surface area contributed by atoms with Gasteiger partial charge in [0.15, 0.2) is 5.82 Å². The van der Waals surface area contributed by atoms with Gasteiger partial charge in [0.2, 0.25) is 0 Å². The fourth-order valence-electron chi connectivity index (χ4n) is 5.00. The van der Waals surface area contributed by atoms with Gasteiger partial charge in [-0.1, -0.05) is 6.07 Å². The predicted octanol–water partition coefficient (Wildman–Crippen LogP) is 3.47. The Balaban J connectivity index is 1.17. The highest BCUT2D eigenvalue weighted by Gasteiger charge is 2.21. The number of carboxylic acids is 1. The fraction of sp³-hybridized carbons (Fsp3) is 0.448. The number of unbranched alkanes of at least 4 members (excludes halogenated alkanes) is 1. The maximum atomic E-state index is 12.2. The van der Waals surface area contributed by atoms with Crippen LogP contribution in [0.25, 0.3) is 11.0 Å². The van der Waals surface area contributed by atoms with Gasteiger partial charge in [-0.25, -0.2) is 19.7 Å². The van der Waals surface area contributed by atoms with Crippen molar-refractivity contribution in [1.82, 2.24) is 35.0 Å². The molecule has 0 amide bonds. The largest absolute Gasteiger partial charge is 0.490 e. The maximum absolute atomic E-state index is 12.2. The number of aryl methyl sites for hydroxylation is 3. The van der Waals surface area contributed by atoms with Gasteiger partial charge in [0.1, 0.15) is 41.6 Å². The molecule has 0 radical (unpaired) electrons. The number of carbonyl (C=O) groups is 1. The average molecular weight is 560 g/mol. The summed E-state index contributed by atoms with van der Waals surface area (Å²) >= 11 is 0. The van der Waals surface area contributed by atoms with Crippen molar-refractivity contribution in [3.05, 3.63) is 59.9 Å². The lowest BCUT2D eigenvalue weighted by molar-refractivity contribution is -0.138. The number of hydrogen-bond donors (Lipinski definition) is 4. The number of rotatable bonds is 15. The molecule has 4 aromatic rings. The smallest absolute Gasteiger partial charge is 0.326 e. The summed E-state index contributed by atoms with van der Waals surface area (Å²) in [6.07, 6.45) is 10.2. The summed E-state index contributed by atoms with van der Waals surface area (Å²) in [4.78, 5) is 31.9. The minimum absolute atomic E-state index is 0.388. The zero-order valence-electron chi connectivity index (χ0n) is 23.3. The van der Waals surface area contributed by atoms with E-state index in [0.29, 0.717) is 43.0 Å². The van der Waals surface area contributed by atoms with Crippen LogP contribution in [0.15, 0.2) is 43.0 Å². The van der Waals surface area contributed by atoms with Gasteiger partial charge in [-0.3, -0.25) is 15.0 Å². The summed E-state index contributed by atoms with van der Waals surface area (Å²) in [6.45, 7) is 5.46. The molecule has 12 heteroatoms. The lowest BCUT2D eigenvalue weighted by atomic mass is 10.1. The number of nitrogens with one attached hydrogen (secondary N) is 3. The molecule has 4 aromatic heterocycles. The molecule has 0 saturated carbocycles. The number of anilines is 2. The number of aliphatic carboxylic acids is 1. The normalized spacial score (nSPS) is 13.5. The van der Waals surface area contributed by atoms with Crippen LogP contribution in [0.4, 0.5) is 11.6 Å². The lowest BCUT2D eigenvalue weighted by Gasteiger charge is -2.25. The van der Waals surface area contributed by atoms with Gasteiger partial charge in [-0.15, -0.1) is 0 Å². The number of ether oxygens (including phenoxy) is 1. The zero-order valence-corrected chi connectivity index (χ0v) is 23.3. The summed E-state index contributed by atoms with van der Waals surface area (Å²) in [5.41, 5.74) is 4.45. The fourth-order valence-corrected chi connectivity index (χ4v) is 5.00.